The van der Waals surface area contributed by atoms with Crippen LogP contribution in [0.5, 0.6) is 0 Å². The highest BCUT2D eigenvalue weighted by Crippen LogP contribution is 2.44. The molecule has 0 saturated carbocycles. The lowest BCUT2D eigenvalue weighted by atomic mass is 9.98. The molecule has 0 spiro atoms. The molecule has 31 nitrogen and oxygen atoms in total. The Bertz CT molecular complexity index is 4520. The van der Waals surface area contributed by atoms with Crippen molar-refractivity contribution in [2.24, 2.45) is 29.0 Å². The fraction of sp³-hybridized carbons (Fsp3) is 0.385. The third-order valence-corrected chi connectivity index (χ3v) is 19.0. The summed E-state index contributed by atoms with van der Waals surface area (Å²) in [6.07, 6.45) is 3.95. The number of carboxylic acids is 1. The van der Waals surface area contributed by atoms with Crippen molar-refractivity contribution in [3.63, 3.8) is 0 Å². The van der Waals surface area contributed by atoms with E-state index in [9.17, 15) is 24.3 Å². The highest BCUT2D eigenvalue weighted by molar-refractivity contribution is 5.99. The highest BCUT2D eigenvalue weighted by atomic mass is 16.5. The lowest BCUT2D eigenvalue weighted by Crippen LogP contribution is -2.61. The van der Waals surface area contributed by atoms with Crippen LogP contribution in [0.3, 0.4) is 0 Å². The fourth-order valence-electron chi connectivity index (χ4n) is 13.7. The number of benzene rings is 5. The van der Waals surface area contributed by atoms with Crippen LogP contribution in [0.15, 0.2) is 140 Å². The van der Waals surface area contributed by atoms with Gasteiger partial charge >= 0.3 is 12.1 Å². The molecular weight excluding hydrogens is 1390 g/mol. The summed E-state index contributed by atoms with van der Waals surface area (Å²) in [4.78, 5) is 142. The number of aromatic nitrogens is 3. The minimum atomic E-state index is -1.54. The topological polar surface area (TPSA) is 512 Å². The number of nitrogens with one attached hydrogen (secondary N) is 17. The molecule has 1 aliphatic rings. The molecule has 0 aliphatic heterocycles. The summed E-state index contributed by atoms with van der Waals surface area (Å²) in [5.74, 6) is -8.79. The highest BCUT2D eigenvalue weighted by Gasteiger charge is 2.37. The standard InChI is InChI=1S/C78H100N20O11/c1-43(2)34-62(98-78(108)109-42-55-53-23-7-5-21-51(53)52-22-6-8-24-54(52)55)70(102)92-59(28-15-31-85-75(79)80)67(99)91-60(29-16-32-86-76(81)82)68(100)94-64(37-46-40-89-57-26-13-10-19-49(46)57)72(104)96-65(38-47-41-90-58-27-14-11-20-50(47)58)73(105)95-63(36-45-39-88-56-25-12-9-18-48(45)56)71(103)93-61(30-17-33-87-77(83)84)69(101)97-66(74(106)107)35-44(3)4/h5-14,18-27,39-41,43-44,55,59-66,88-90H,15-17,28-38,42H2,1-4H3,(H,91,99)(H,92,102)(H,93,103)(H,94,100)(H,95,105)(H,96,104)(H,97,101)(H,98,108)(H,106,107)(H4,79,80,85)(H4,81,82,86)(H4,83,84,87)/t59-,60-,61-,62-,63-,64-,65-,66-/m0/s1. The van der Waals surface area contributed by atoms with Crippen molar-refractivity contribution in [3.05, 3.63) is 168 Å². The molecule has 8 aromatic rings. The van der Waals surface area contributed by atoms with E-state index in [1.54, 1.807) is 50.6 Å². The Morgan fingerprint density at radius 2 is 0.697 bits per heavy atom. The van der Waals surface area contributed by atoms with Crippen LogP contribution in [0.4, 0.5) is 4.79 Å². The number of alkyl carbamates (subject to hydrolysis) is 1. The van der Waals surface area contributed by atoms with Gasteiger partial charge in [-0.2, -0.15) is 0 Å². The number of aliphatic carboxylic acids is 1. The van der Waals surface area contributed by atoms with Crippen molar-refractivity contribution in [1.82, 2.24) is 73.4 Å². The van der Waals surface area contributed by atoms with Crippen molar-refractivity contribution in [2.75, 3.05) is 26.2 Å². The van der Waals surface area contributed by atoms with Gasteiger partial charge in [0.15, 0.2) is 17.9 Å². The van der Waals surface area contributed by atoms with Gasteiger partial charge in [-0.25, -0.2) is 9.59 Å². The molecule has 24 N–H and O–H groups in total. The number of ether oxygens (including phenoxy) is 1. The number of carbonyl (C=O) groups is 9. The number of hydrogen-bond acceptors (Lipinski definition) is 13. The molecule has 3 heterocycles. The lowest BCUT2D eigenvalue weighted by molar-refractivity contribution is -0.143. The summed E-state index contributed by atoms with van der Waals surface area (Å²) in [6, 6.07) is 26.2. The van der Waals surface area contributed by atoms with Gasteiger partial charge in [0.1, 0.15) is 54.9 Å². The first-order chi connectivity index (χ1) is 52.3. The molecule has 0 fully saturated rings. The molecule has 5 aromatic carbocycles. The molecule has 0 radical (unpaired) electrons. The molecular formula is C78H100N20O11. The molecule has 0 bridgehead atoms. The van der Waals surface area contributed by atoms with Crippen LogP contribution < -0.4 is 75.7 Å². The molecule has 109 heavy (non-hydrogen) atoms. The van der Waals surface area contributed by atoms with Gasteiger partial charge in [0, 0.05) is 96.1 Å². The quantitative estimate of drug-likeness (QED) is 0.0143. The number of para-hydroxylation sites is 3. The number of fused-ring (bicyclic) bond motifs is 6. The number of guanidine groups is 3. The number of hydrogen-bond donors (Lipinski definition) is 21. The van der Waals surface area contributed by atoms with Gasteiger partial charge in [0.05, 0.1) is 0 Å². The van der Waals surface area contributed by atoms with E-state index >= 15 is 24.0 Å². The van der Waals surface area contributed by atoms with Crippen molar-refractivity contribution in [1.29, 1.82) is 16.2 Å². The van der Waals surface area contributed by atoms with Crippen molar-refractivity contribution in [2.45, 2.75) is 153 Å². The minimum absolute atomic E-state index is 0.0385. The van der Waals surface area contributed by atoms with Gasteiger partial charge < -0.3 is 100 Å². The first-order valence-corrected chi connectivity index (χ1v) is 36.7. The minimum Gasteiger partial charge on any atom is -0.480 e. The number of carbonyl (C=O) groups excluding carboxylic acids is 8. The van der Waals surface area contributed by atoms with Gasteiger partial charge in [-0.3, -0.25) is 49.8 Å². The van der Waals surface area contributed by atoms with Crippen LogP contribution in [0.1, 0.15) is 113 Å². The van der Waals surface area contributed by atoms with Crippen LogP contribution in [0, 0.1) is 28.1 Å². The van der Waals surface area contributed by atoms with E-state index in [2.05, 4.69) is 73.4 Å². The largest absolute Gasteiger partial charge is 0.480 e. The Balaban J connectivity index is 1.01. The van der Waals surface area contributed by atoms with Gasteiger partial charge in [0.2, 0.25) is 41.4 Å². The lowest BCUT2D eigenvalue weighted by Gasteiger charge is -2.28. The van der Waals surface area contributed by atoms with Gasteiger partial charge in [0.25, 0.3) is 0 Å². The van der Waals surface area contributed by atoms with Crippen molar-refractivity contribution < 1.29 is 53.0 Å². The molecule has 0 unspecified atom stereocenters. The first kappa shape index (κ1) is 80.7. The Morgan fingerprint density at radius 3 is 1.04 bits per heavy atom. The average molecular weight is 1490 g/mol. The number of aromatic amines is 3. The van der Waals surface area contributed by atoms with Crippen molar-refractivity contribution >= 4 is 104 Å². The zero-order valence-electron chi connectivity index (χ0n) is 61.5. The van der Waals surface area contributed by atoms with Crippen LogP contribution in [-0.2, 0) is 62.4 Å². The molecule has 8 amide bonds. The second kappa shape index (κ2) is 38.7. The predicted octanol–water partition coefficient (Wildman–Crippen LogP) is 4.43. The second-order valence-electron chi connectivity index (χ2n) is 28.2. The van der Waals surface area contributed by atoms with Gasteiger partial charge in [-0.1, -0.05) is 131 Å². The van der Waals surface area contributed by atoms with Crippen LogP contribution in [-0.4, -0.2) is 166 Å². The van der Waals surface area contributed by atoms with Gasteiger partial charge in [-0.15, -0.1) is 0 Å². The Labute approximate surface area is 630 Å². The fourth-order valence-corrected chi connectivity index (χ4v) is 13.7. The SMILES string of the molecule is CC(C)C[C@H](NC(=O)[C@H](CCCNC(=N)N)NC(=O)[C@H](Cc1c[nH]c2ccccc12)NC(=O)[C@H](Cc1c[nH]c2ccccc12)NC(=O)[C@H](Cc1c[nH]c2ccccc12)NC(=O)[C@H](CCCNC(=N)N)NC(=O)[C@H](CCCNC(=N)N)NC(=O)[C@H](CC(C)C)NC(=O)OCC1c2ccccc2-c2ccccc21)C(=O)O. The summed E-state index contributed by atoms with van der Waals surface area (Å²) in [5.41, 5.74) is 24.7. The van der Waals surface area contributed by atoms with E-state index in [1.807, 2.05) is 117 Å². The van der Waals surface area contributed by atoms with Crippen LogP contribution in [0.25, 0.3) is 43.8 Å². The summed E-state index contributed by atoms with van der Waals surface area (Å²) >= 11 is 0. The third-order valence-electron chi connectivity index (χ3n) is 19.0. The van der Waals surface area contributed by atoms with E-state index < -0.39 is 102 Å². The number of nitrogens with two attached hydrogens (primary N) is 3. The summed E-state index contributed by atoms with van der Waals surface area (Å²) in [5, 5.41) is 66.1. The monoisotopic (exact) mass is 1490 g/mol. The second-order valence-corrected chi connectivity index (χ2v) is 28.2. The predicted molar refractivity (Wildman–Crippen MR) is 416 cm³/mol. The van der Waals surface area contributed by atoms with Crippen LogP contribution >= 0.6 is 0 Å². The molecule has 8 atom stereocenters. The third kappa shape index (κ3) is 22.8. The number of H-pyrrole nitrogens is 3. The molecule has 3 aromatic heterocycles. The number of rotatable bonds is 40. The Kier molecular flexibility index (Phi) is 28.6. The molecule has 31 heteroatoms. The van der Waals surface area contributed by atoms with E-state index in [1.165, 1.54) is 0 Å². The summed E-state index contributed by atoms with van der Waals surface area (Å²) in [6.45, 7) is 7.54. The van der Waals surface area contributed by atoms with E-state index in [4.69, 9.17) is 38.2 Å². The van der Waals surface area contributed by atoms with E-state index in [0.717, 1.165) is 22.3 Å². The molecule has 1 aliphatic carbocycles. The summed E-state index contributed by atoms with van der Waals surface area (Å²) < 4.78 is 5.86. The smallest absolute Gasteiger partial charge is 0.407 e. The van der Waals surface area contributed by atoms with Crippen molar-refractivity contribution in [3.8, 4) is 11.1 Å². The summed E-state index contributed by atoms with van der Waals surface area (Å²) in [7, 11) is 0. The Morgan fingerprint density at radius 1 is 0.404 bits per heavy atom. The zero-order chi connectivity index (χ0) is 78.3. The maximum atomic E-state index is 15.7. The molecule has 0 saturated heterocycles. The molecule has 9 rings (SSSR count). The molecule has 578 valence electrons. The van der Waals surface area contributed by atoms with E-state index in [0.29, 0.717) is 49.4 Å². The maximum Gasteiger partial charge on any atom is 0.407 e. The first-order valence-electron chi connectivity index (χ1n) is 36.7. The van der Waals surface area contributed by atoms with Gasteiger partial charge in [-0.05, 0) is 120 Å². The average Bonchev–Trinajstić information content (AvgIpc) is 1.62. The zero-order valence-corrected chi connectivity index (χ0v) is 61.5. The Hall–Kier alpha value is -12.4. The van der Waals surface area contributed by atoms with E-state index in [-0.39, 0.29) is 133 Å². The maximum absolute atomic E-state index is 15.7. The number of carboxylic acid groups (broad SMARTS) is 1. The normalized spacial score (nSPS) is 13.9. The number of amides is 8. The van der Waals surface area contributed by atoms with Crippen LogP contribution in [0.2, 0.25) is 0 Å².